The molecule has 190 valence electrons. The minimum absolute atomic E-state index is 0.00988. The summed E-state index contributed by atoms with van der Waals surface area (Å²) in [6, 6.07) is 27.6. The van der Waals surface area contributed by atoms with Gasteiger partial charge in [0.25, 0.3) is 0 Å². The second kappa shape index (κ2) is 11.0. The molecular weight excluding hydrogens is 462 g/mol. The summed E-state index contributed by atoms with van der Waals surface area (Å²) < 4.78 is 0. The van der Waals surface area contributed by atoms with Gasteiger partial charge in [-0.15, -0.1) is 0 Å². The lowest BCUT2D eigenvalue weighted by Gasteiger charge is -2.33. The number of likely N-dealkylation sites (tertiary alicyclic amines) is 1. The van der Waals surface area contributed by atoms with E-state index in [0.717, 1.165) is 22.4 Å². The molecule has 2 fully saturated rings. The Kier molecular flexibility index (Phi) is 7.35. The zero-order chi connectivity index (χ0) is 25.8. The number of hydrogen-bond acceptors (Lipinski definition) is 3. The molecule has 1 atom stereocenters. The van der Waals surface area contributed by atoms with Gasteiger partial charge < -0.3 is 15.1 Å². The SMILES string of the molecule is Cc1ccc(N2CC(C(=O)N3CCC(C(=O)NC(c4ccccc4)c4ccccc4)CC3)CC2=O)cc1. The Bertz CT molecular complexity index is 1200. The van der Waals surface area contributed by atoms with E-state index in [-0.39, 0.29) is 42.0 Å². The first-order valence-electron chi connectivity index (χ1n) is 13.1. The minimum Gasteiger partial charge on any atom is -0.345 e. The van der Waals surface area contributed by atoms with Gasteiger partial charge >= 0.3 is 0 Å². The summed E-state index contributed by atoms with van der Waals surface area (Å²) in [4.78, 5) is 42.7. The predicted octanol–water partition coefficient (Wildman–Crippen LogP) is 4.49. The monoisotopic (exact) mass is 495 g/mol. The number of nitrogens with zero attached hydrogens (tertiary/aromatic N) is 2. The highest BCUT2D eigenvalue weighted by atomic mass is 16.2. The van der Waals surface area contributed by atoms with Crippen molar-refractivity contribution in [1.82, 2.24) is 10.2 Å². The van der Waals surface area contributed by atoms with Gasteiger partial charge in [0.15, 0.2) is 0 Å². The third kappa shape index (κ3) is 5.58. The predicted molar refractivity (Wildman–Crippen MR) is 144 cm³/mol. The van der Waals surface area contributed by atoms with Crippen LogP contribution in [-0.4, -0.2) is 42.3 Å². The van der Waals surface area contributed by atoms with Gasteiger partial charge in [-0.25, -0.2) is 0 Å². The van der Waals surface area contributed by atoms with E-state index < -0.39 is 0 Å². The highest BCUT2D eigenvalue weighted by Gasteiger charge is 2.38. The Hall–Kier alpha value is -3.93. The number of carbonyl (C=O) groups is 3. The summed E-state index contributed by atoms with van der Waals surface area (Å²) >= 11 is 0. The largest absolute Gasteiger partial charge is 0.345 e. The second-order valence-electron chi connectivity index (χ2n) is 10.1. The van der Waals surface area contributed by atoms with E-state index in [1.165, 1.54) is 0 Å². The average Bonchev–Trinajstić information content (AvgIpc) is 3.34. The molecule has 1 unspecified atom stereocenters. The van der Waals surface area contributed by atoms with Gasteiger partial charge in [0.1, 0.15) is 0 Å². The van der Waals surface area contributed by atoms with Crippen LogP contribution in [0, 0.1) is 18.8 Å². The fourth-order valence-electron chi connectivity index (χ4n) is 5.38. The first-order chi connectivity index (χ1) is 18.0. The molecule has 2 saturated heterocycles. The molecule has 1 N–H and O–H groups in total. The molecule has 0 aliphatic carbocycles. The number of anilines is 1. The topological polar surface area (TPSA) is 69.7 Å². The second-order valence-corrected chi connectivity index (χ2v) is 10.1. The van der Waals surface area contributed by atoms with Crippen LogP contribution in [0.2, 0.25) is 0 Å². The fraction of sp³-hybridized carbons (Fsp3) is 0.323. The molecule has 6 heteroatoms. The molecule has 0 spiro atoms. The summed E-state index contributed by atoms with van der Waals surface area (Å²) in [5.41, 5.74) is 4.05. The molecule has 2 heterocycles. The maximum absolute atomic E-state index is 13.3. The van der Waals surface area contributed by atoms with Crippen LogP contribution in [0.1, 0.15) is 42.0 Å². The van der Waals surface area contributed by atoms with Crippen molar-refractivity contribution in [2.24, 2.45) is 11.8 Å². The number of nitrogens with one attached hydrogen (secondary N) is 1. The van der Waals surface area contributed by atoms with E-state index in [2.05, 4.69) is 5.32 Å². The van der Waals surface area contributed by atoms with Crippen LogP contribution in [-0.2, 0) is 14.4 Å². The average molecular weight is 496 g/mol. The van der Waals surface area contributed by atoms with Crippen molar-refractivity contribution in [3.05, 3.63) is 102 Å². The summed E-state index contributed by atoms with van der Waals surface area (Å²) in [5, 5.41) is 3.26. The Morgan fingerprint density at radius 3 is 1.95 bits per heavy atom. The van der Waals surface area contributed by atoms with E-state index in [4.69, 9.17) is 0 Å². The molecule has 0 radical (unpaired) electrons. The van der Waals surface area contributed by atoms with Crippen molar-refractivity contribution >= 4 is 23.4 Å². The highest BCUT2D eigenvalue weighted by Crippen LogP contribution is 2.29. The van der Waals surface area contributed by atoms with Gasteiger partial charge in [0, 0.05) is 37.7 Å². The summed E-state index contributed by atoms with van der Waals surface area (Å²) in [7, 11) is 0. The van der Waals surface area contributed by atoms with Crippen LogP contribution in [0.15, 0.2) is 84.9 Å². The van der Waals surface area contributed by atoms with Crippen molar-refractivity contribution in [1.29, 1.82) is 0 Å². The fourth-order valence-corrected chi connectivity index (χ4v) is 5.38. The third-order valence-electron chi connectivity index (χ3n) is 7.55. The highest BCUT2D eigenvalue weighted by molar-refractivity contribution is 6.00. The smallest absolute Gasteiger partial charge is 0.228 e. The first kappa shape index (κ1) is 24.8. The molecule has 0 saturated carbocycles. The molecular formula is C31H33N3O3. The quantitative estimate of drug-likeness (QED) is 0.548. The Balaban J connectivity index is 1.18. The number of aryl methyl sites for hydroxylation is 1. The molecule has 5 rings (SSSR count). The molecule has 2 aliphatic heterocycles. The Morgan fingerprint density at radius 2 is 1.38 bits per heavy atom. The maximum Gasteiger partial charge on any atom is 0.228 e. The van der Waals surface area contributed by atoms with Gasteiger partial charge in [-0.2, -0.15) is 0 Å². The van der Waals surface area contributed by atoms with Gasteiger partial charge in [0.2, 0.25) is 17.7 Å². The molecule has 0 aromatic heterocycles. The van der Waals surface area contributed by atoms with Gasteiger partial charge in [0.05, 0.1) is 12.0 Å². The maximum atomic E-state index is 13.3. The number of hydrogen-bond donors (Lipinski definition) is 1. The lowest BCUT2D eigenvalue weighted by Crippen LogP contribution is -2.46. The standard InChI is InChI=1S/C31H33N3O3/c1-22-12-14-27(15-13-22)34-21-26(20-28(34)35)31(37)33-18-16-25(17-19-33)30(36)32-29(23-8-4-2-5-9-23)24-10-6-3-7-11-24/h2-15,25-26,29H,16-21H2,1H3,(H,32,36). The molecule has 6 nitrogen and oxygen atoms in total. The Labute approximate surface area is 218 Å². The van der Waals surface area contributed by atoms with Crippen molar-refractivity contribution in [3.8, 4) is 0 Å². The zero-order valence-corrected chi connectivity index (χ0v) is 21.2. The van der Waals surface area contributed by atoms with Crippen LogP contribution < -0.4 is 10.2 Å². The number of benzene rings is 3. The summed E-state index contributed by atoms with van der Waals surface area (Å²) in [5.74, 6) is -0.447. The van der Waals surface area contributed by atoms with Crippen LogP contribution in [0.3, 0.4) is 0 Å². The van der Waals surface area contributed by atoms with Crippen molar-refractivity contribution in [3.63, 3.8) is 0 Å². The molecule has 3 aromatic rings. The zero-order valence-electron chi connectivity index (χ0n) is 21.2. The number of rotatable bonds is 6. The number of amides is 3. The molecule has 37 heavy (non-hydrogen) atoms. The van der Waals surface area contributed by atoms with E-state index >= 15 is 0 Å². The Morgan fingerprint density at radius 1 is 0.811 bits per heavy atom. The third-order valence-corrected chi connectivity index (χ3v) is 7.55. The van der Waals surface area contributed by atoms with E-state index in [9.17, 15) is 14.4 Å². The first-order valence-corrected chi connectivity index (χ1v) is 13.1. The van der Waals surface area contributed by atoms with E-state index in [0.29, 0.717) is 32.5 Å². The van der Waals surface area contributed by atoms with Crippen molar-refractivity contribution in [2.75, 3.05) is 24.5 Å². The van der Waals surface area contributed by atoms with Crippen LogP contribution in [0.5, 0.6) is 0 Å². The van der Waals surface area contributed by atoms with E-state index in [1.54, 1.807) is 4.90 Å². The van der Waals surface area contributed by atoms with Gasteiger partial charge in [-0.3, -0.25) is 14.4 Å². The van der Waals surface area contributed by atoms with Gasteiger partial charge in [-0.1, -0.05) is 78.4 Å². The van der Waals surface area contributed by atoms with Crippen molar-refractivity contribution in [2.45, 2.75) is 32.2 Å². The molecule has 0 bridgehead atoms. The van der Waals surface area contributed by atoms with Gasteiger partial charge in [-0.05, 0) is 43.0 Å². The van der Waals surface area contributed by atoms with Crippen molar-refractivity contribution < 1.29 is 14.4 Å². The minimum atomic E-state index is -0.334. The summed E-state index contributed by atoms with van der Waals surface area (Å²) in [6.07, 6.45) is 1.48. The lowest BCUT2D eigenvalue weighted by atomic mass is 9.92. The molecule has 3 amide bonds. The molecule has 3 aromatic carbocycles. The number of carbonyl (C=O) groups excluding carboxylic acids is 3. The van der Waals surface area contributed by atoms with Crippen LogP contribution in [0.4, 0.5) is 5.69 Å². The lowest BCUT2D eigenvalue weighted by molar-refractivity contribution is -0.139. The summed E-state index contributed by atoms with van der Waals surface area (Å²) in [6.45, 7) is 3.49. The van der Waals surface area contributed by atoms with Crippen LogP contribution >= 0.6 is 0 Å². The molecule has 2 aliphatic rings. The van der Waals surface area contributed by atoms with E-state index in [1.807, 2.05) is 96.8 Å². The van der Waals surface area contributed by atoms with Crippen LogP contribution in [0.25, 0.3) is 0 Å². The number of piperidine rings is 1. The normalized spacial score (nSPS) is 18.3.